The van der Waals surface area contributed by atoms with Gasteiger partial charge < -0.3 is 29.7 Å². The lowest BCUT2D eigenvalue weighted by Gasteiger charge is -2.18. The van der Waals surface area contributed by atoms with Gasteiger partial charge in [-0.2, -0.15) is 5.26 Å². The number of nitrogens with zero attached hydrogens (tertiary/aromatic N) is 3. The van der Waals surface area contributed by atoms with Crippen molar-refractivity contribution in [2.45, 2.75) is 19.1 Å². The Kier molecular flexibility index (Phi) is 9.29. The predicted molar refractivity (Wildman–Crippen MR) is 163 cm³/mol. The maximum absolute atomic E-state index is 12.8. The molecule has 9 nitrogen and oxygen atoms in total. The van der Waals surface area contributed by atoms with Gasteiger partial charge in [-0.05, 0) is 50.0 Å². The number of rotatable bonds is 11. The summed E-state index contributed by atoms with van der Waals surface area (Å²) in [6.45, 7) is 2.21. The fourth-order valence-electron chi connectivity index (χ4n) is 4.48. The Morgan fingerprint density at radius 1 is 1.17 bits per heavy atom. The summed E-state index contributed by atoms with van der Waals surface area (Å²) >= 11 is 0. The van der Waals surface area contributed by atoms with E-state index in [1.165, 1.54) is 12.3 Å². The van der Waals surface area contributed by atoms with Crippen molar-refractivity contribution in [1.29, 1.82) is 5.26 Å². The molecule has 1 aliphatic rings. The Labute approximate surface area is 245 Å². The minimum atomic E-state index is -0.284. The van der Waals surface area contributed by atoms with Crippen LogP contribution in [0.15, 0.2) is 85.1 Å². The Morgan fingerprint density at radius 2 is 1.98 bits per heavy atom. The number of nitriles is 1. The first-order valence-corrected chi connectivity index (χ1v) is 13.8. The Morgan fingerprint density at radius 3 is 2.69 bits per heavy atom. The highest BCUT2D eigenvalue weighted by atomic mass is 16.5. The molecule has 4 aromatic rings. The number of aromatic nitrogens is 1. The Bertz CT molecular complexity index is 1590. The van der Waals surface area contributed by atoms with E-state index in [-0.39, 0.29) is 12.0 Å². The van der Waals surface area contributed by atoms with E-state index in [1.807, 2.05) is 73.6 Å². The van der Waals surface area contributed by atoms with Crippen molar-refractivity contribution >= 4 is 33.9 Å². The topological polar surface area (TPSA) is 109 Å². The zero-order chi connectivity index (χ0) is 29.3. The first-order chi connectivity index (χ1) is 20.5. The van der Waals surface area contributed by atoms with Crippen LogP contribution in [0.25, 0.3) is 10.9 Å². The largest absolute Gasteiger partial charge is 0.489 e. The molecule has 0 saturated carbocycles. The molecule has 2 N–H and O–H groups in total. The molecule has 1 unspecified atom stereocenters. The number of nitrogens with one attached hydrogen (secondary N) is 2. The standard InChI is InChI=1S/C33H33N5O4/c1-38(2)15-6-9-32(39)37-30-17-28-29(18-31(30)42-27-14-16-40-22-27)35-20-24(19-34)33(28)36-25-10-12-26(13-11-25)41-21-23-7-4-3-5-8-23/h3-13,17-18,20,27H,14-16,21-22H2,1-2H3,(H,35,36)(H,37,39). The second kappa shape index (κ2) is 13.6. The van der Waals surface area contributed by atoms with Crippen LogP contribution in [0, 0.1) is 11.3 Å². The molecule has 42 heavy (non-hydrogen) atoms. The number of anilines is 3. The van der Waals surface area contributed by atoms with Crippen molar-refractivity contribution in [3.63, 3.8) is 0 Å². The van der Waals surface area contributed by atoms with Gasteiger partial charge in [0, 0.05) is 42.4 Å². The first kappa shape index (κ1) is 28.6. The molecule has 1 fully saturated rings. The minimum absolute atomic E-state index is 0.124. The van der Waals surface area contributed by atoms with Crippen LogP contribution in [-0.2, 0) is 16.1 Å². The van der Waals surface area contributed by atoms with Crippen molar-refractivity contribution in [1.82, 2.24) is 9.88 Å². The molecule has 1 aromatic heterocycles. The van der Waals surface area contributed by atoms with Crippen molar-refractivity contribution < 1.29 is 19.0 Å². The smallest absolute Gasteiger partial charge is 0.248 e. The maximum Gasteiger partial charge on any atom is 0.248 e. The molecule has 0 spiro atoms. The lowest BCUT2D eigenvalue weighted by atomic mass is 10.1. The molecule has 1 amide bonds. The van der Waals surface area contributed by atoms with Crippen molar-refractivity contribution in [2.24, 2.45) is 0 Å². The molecule has 0 bridgehead atoms. The number of pyridine rings is 1. The zero-order valence-electron chi connectivity index (χ0n) is 23.7. The highest BCUT2D eigenvalue weighted by molar-refractivity contribution is 6.04. The van der Waals surface area contributed by atoms with E-state index in [2.05, 4.69) is 21.7 Å². The van der Waals surface area contributed by atoms with Crippen molar-refractivity contribution in [3.05, 3.63) is 96.2 Å². The molecule has 3 aromatic carbocycles. The van der Waals surface area contributed by atoms with Gasteiger partial charge in [0.25, 0.3) is 0 Å². The Balaban J connectivity index is 1.43. The molecule has 0 radical (unpaired) electrons. The number of fused-ring (bicyclic) bond motifs is 1. The van der Waals surface area contributed by atoms with Crippen LogP contribution in [0.1, 0.15) is 17.5 Å². The average molecular weight is 564 g/mol. The monoisotopic (exact) mass is 563 g/mol. The predicted octanol–water partition coefficient (Wildman–Crippen LogP) is 5.65. The highest BCUT2D eigenvalue weighted by Crippen LogP contribution is 2.37. The number of carbonyl (C=O) groups excluding carboxylic acids is 1. The Hall–Kier alpha value is -4.91. The third kappa shape index (κ3) is 7.43. The molecular formula is C33H33N5O4. The van der Waals surface area contributed by atoms with Crippen molar-refractivity contribution in [3.8, 4) is 17.6 Å². The summed E-state index contributed by atoms with van der Waals surface area (Å²) in [6.07, 6.45) is 5.45. The summed E-state index contributed by atoms with van der Waals surface area (Å²) in [7, 11) is 3.86. The molecular weight excluding hydrogens is 530 g/mol. The summed E-state index contributed by atoms with van der Waals surface area (Å²) in [5.41, 5.74) is 3.91. The quantitative estimate of drug-likeness (QED) is 0.225. The van der Waals surface area contributed by atoms with Gasteiger partial charge in [0.05, 0.1) is 35.7 Å². The van der Waals surface area contributed by atoms with E-state index in [4.69, 9.17) is 14.2 Å². The number of amides is 1. The number of carbonyl (C=O) groups is 1. The van der Waals surface area contributed by atoms with Crippen LogP contribution >= 0.6 is 0 Å². The van der Waals surface area contributed by atoms with Crippen LogP contribution in [0.4, 0.5) is 17.1 Å². The molecule has 9 heteroatoms. The molecule has 1 atom stereocenters. The maximum atomic E-state index is 12.8. The normalized spacial score (nSPS) is 14.7. The average Bonchev–Trinajstić information content (AvgIpc) is 3.51. The van der Waals surface area contributed by atoms with Gasteiger partial charge in [0.2, 0.25) is 5.91 Å². The van der Waals surface area contributed by atoms with E-state index in [0.717, 1.165) is 23.4 Å². The van der Waals surface area contributed by atoms with Crippen LogP contribution in [0.3, 0.4) is 0 Å². The van der Waals surface area contributed by atoms with Gasteiger partial charge in [0.15, 0.2) is 0 Å². The fraction of sp³-hybridized carbons (Fsp3) is 0.242. The van der Waals surface area contributed by atoms with E-state index in [1.54, 1.807) is 18.2 Å². The molecule has 214 valence electrons. The SMILES string of the molecule is CN(C)CC=CC(=O)Nc1cc2c(Nc3ccc(OCc4ccccc4)cc3)c(C#N)cnc2cc1OC1CCOC1. The first-order valence-electron chi connectivity index (χ1n) is 13.8. The van der Waals surface area contributed by atoms with Gasteiger partial charge in [-0.3, -0.25) is 9.78 Å². The van der Waals surface area contributed by atoms with E-state index in [0.29, 0.717) is 60.0 Å². The summed E-state index contributed by atoms with van der Waals surface area (Å²) in [5.74, 6) is 0.943. The fourth-order valence-corrected chi connectivity index (χ4v) is 4.48. The molecule has 2 heterocycles. The van der Waals surface area contributed by atoms with Gasteiger partial charge >= 0.3 is 0 Å². The van der Waals surface area contributed by atoms with Crippen molar-refractivity contribution in [2.75, 3.05) is 44.5 Å². The highest BCUT2D eigenvalue weighted by Gasteiger charge is 2.21. The molecule has 1 aliphatic heterocycles. The molecule has 0 aliphatic carbocycles. The lowest BCUT2D eigenvalue weighted by molar-refractivity contribution is -0.111. The van der Waals surface area contributed by atoms with Gasteiger partial charge in [-0.1, -0.05) is 36.4 Å². The molecule has 5 rings (SSSR count). The number of likely N-dealkylation sites (N-methyl/N-ethyl adjacent to an activating group) is 1. The number of hydrogen-bond donors (Lipinski definition) is 2. The number of ether oxygens (including phenoxy) is 3. The zero-order valence-corrected chi connectivity index (χ0v) is 23.7. The van der Waals surface area contributed by atoms with Gasteiger partial charge in [0.1, 0.15) is 30.3 Å². The summed E-state index contributed by atoms with van der Waals surface area (Å²) in [6, 6.07) is 23.3. The van der Waals surface area contributed by atoms with Crippen LogP contribution in [0.2, 0.25) is 0 Å². The number of hydrogen-bond acceptors (Lipinski definition) is 8. The number of benzene rings is 3. The minimum Gasteiger partial charge on any atom is -0.489 e. The second-order valence-electron chi connectivity index (χ2n) is 10.2. The summed E-state index contributed by atoms with van der Waals surface area (Å²) < 4.78 is 17.6. The third-order valence-electron chi connectivity index (χ3n) is 6.64. The van der Waals surface area contributed by atoms with Gasteiger partial charge in [-0.15, -0.1) is 0 Å². The van der Waals surface area contributed by atoms with Gasteiger partial charge in [-0.25, -0.2) is 0 Å². The second-order valence-corrected chi connectivity index (χ2v) is 10.2. The van der Waals surface area contributed by atoms with E-state index in [9.17, 15) is 10.1 Å². The van der Waals surface area contributed by atoms with E-state index < -0.39 is 0 Å². The summed E-state index contributed by atoms with van der Waals surface area (Å²) in [5, 5.41) is 16.9. The summed E-state index contributed by atoms with van der Waals surface area (Å²) in [4.78, 5) is 19.3. The van der Waals surface area contributed by atoms with E-state index >= 15 is 0 Å². The molecule has 1 saturated heterocycles. The van der Waals surface area contributed by atoms with Crippen LogP contribution in [0.5, 0.6) is 11.5 Å². The van der Waals surface area contributed by atoms with Crippen LogP contribution in [-0.4, -0.2) is 55.7 Å². The third-order valence-corrected chi connectivity index (χ3v) is 6.64. The lowest BCUT2D eigenvalue weighted by Crippen LogP contribution is -2.18. The van der Waals surface area contributed by atoms with Crippen LogP contribution < -0.4 is 20.1 Å².